The second-order valence-electron chi connectivity index (χ2n) is 9.09. The van der Waals surface area contributed by atoms with Crippen molar-refractivity contribution in [1.29, 1.82) is 0 Å². The molecule has 0 spiro atoms. The van der Waals surface area contributed by atoms with Gasteiger partial charge in [0.1, 0.15) is 5.75 Å². The number of methoxy groups -OCH3 is 1. The van der Waals surface area contributed by atoms with Crippen molar-refractivity contribution in [3.63, 3.8) is 0 Å². The minimum absolute atomic E-state index is 0.0349. The normalized spacial score (nSPS) is 22.4. The Bertz CT molecular complexity index is 1330. The first-order chi connectivity index (χ1) is 16.1. The molecule has 33 heavy (non-hydrogen) atoms. The van der Waals surface area contributed by atoms with Crippen LogP contribution in [0.5, 0.6) is 5.75 Å². The summed E-state index contributed by atoms with van der Waals surface area (Å²) in [6, 6.07) is 25.0. The number of ether oxygens (including phenoxy) is 1. The number of carbonyl (C=O) groups is 1. The fraction of sp³-hybridized carbons (Fsp3) is 0.214. The van der Waals surface area contributed by atoms with E-state index in [-0.39, 0.29) is 17.7 Å². The van der Waals surface area contributed by atoms with Gasteiger partial charge >= 0.3 is 0 Å². The van der Waals surface area contributed by atoms with Gasteiger partial charge in [0.05, 0.1) is 18.2 Å². The topological polar surface area (TPSA) is 51.2 Å². The first-order valence-corrected chi connectivity index (χ1v) is 12.1. The lowest BCUT2D eigenvalue weighted by Gasteiger charge is -2.50. The van der Waals surface area contributed by atoms with Crippen LogP contribution in [-0.4, -0.2) is 18.0 Å². The molecule has 1 unspecified atom stereocenters. The summed E-state index contributed by atoms with van der Waals surface area (Å²) < 4.78 is 5.33. The molecule has 1 amide bonds. The number of anilines is 1. The molecule has 0 fully saturated rings. The summed E-state index contributed by atoms with van der Waals surface area (Å²) in [6.07, 6.45) is 0.797. The molecule has 164 valence electrons. The summed E-state index contributed by atoms with van der Waals surface area (Å²) in [5, 5.41) is 5.76. The van der Waals surface area contributed by atoms with E-state index in [0.29, 0.717) is 5.13 Å². The van der Waals surface area contributed by atoms with E-state index >= 15 is 0 Å². The second kappa shape index (κ2) is 7.56. The zero-order valence-corrected chi connectivity index (χ0v) is 19.4. The third kappa shape index (κ3) is 3.10. The Labute approximate surface area is 197 Å². The van der Waals surface area contributed by atoms with E-state index in [0.717, 1.165) is 23.4 Å². The maximum absolute atomic E-state index is 13.8. The third-order valence-corrected chi connectivity index (χ3v) is 8.00. The second-order valence-corrected chi connectivity index (χ2v) is 9.95. The Balaban J connectivity index is 1.33. The summed E-state index contributed by atoms with van der Waals surface area (Å²) in [7, 11) is 1.65. The van der Waals surface area contributed by atoms with Crippen LogP contribution in [0.4, 0.5) is 5.13 Å². The van der Waals surface area contributed by atoms with E-state index in [1.54, 1.807) is 7.11 Å². The molecule has 1 N–H and O–H groups in total. The van der Waals surface area contributed by atoms with Crippen molar-refractivity contribution < 1.29 is 9.53 Å². The van der Waals surface area contributed by atoms with E-state index in [2.05, 4.69) is 60.8 Å². The number of hydrogen-bond donors (Lipinski definition) is 1. The zero-order chi connectivity index (χ0) is 22.6. The molecular weight excluding hydrogens is 428 g/mol. The molecule has 4 nitrogen and oxygen atoms in total. The highest BCUT2D eigenvalue weighted by molar-refractivity contribution is 7.14. The molecule has 5 heteroatoms. The van der Waals surface area contributed by atoms with E-state index in [4.69, 9.17) is 9.72 Å². The van der Waals surface area contributed by atoms with Crippen molar-refractivity contribution in [2.45, 2.75) is 25.2 Å². The molecule has 7 rings (SSSR count). The Kier molecular flexibility index (Phi) is 4.63. The van der Waals surface area contributed by atoms with Gasteiger partial charge in [-0.1, -0.05) is 60.7 Å². The highest BCUT2D eigenvalue weighted by atomic mass is 32.1. The summed E-state index contributed by atoms with van der Waals surface area (Å²) >= 11 is 1.46. The van der Waals surface area contributed by atoms with Crippen LogP contribution in [0.15, 0.2) is 78.2 Å². The molecule has 3 aliphatic carbocycles. The van der Waals surface area contributed by atoms with Crippen molar-refractivity contribution in [3.05, 3.63) is 100 Å². The smallest absolute Gasteiger partial charge is 0.233 e. The predicted molar refractivity (Wildman–Crippen MR) is 132 cm³/mol. The molecule has 0 aliphatic heterocycles. The fourth-order valence-corrected chi connectivity index (χ4v) is 6.39. The summed E-state index contributed by atoms with van der Waals surface area (Å²) in [4.78, 5) is 18.5. The van der Waals surface area contributed by atoms with Gasteiger partial charge in [0.15, 0.2) is 5.13 Å². The van der Waals surface area contributed by atoms with Crippen molar-refractivity contribution >= 4 is 22.4 Å². The Morgan fingerprint density at radius 2 is 1.67 bits per heavy atom. The molecule has 0 saturated heterocycles. The first-order valence-electron chi connectivity index (χ1n) is 11.2. The molecule has 0 radical (unpaired) electrons. The molecule has 3 aliphatic rings. The maximum atomic E-state index is 13.8. The van der Waals surface area contributed by atoms with Crippen LogP contribution in [0.2, 0.25) is 0 Å². The number of carbonyl (C=O) groups excluding carboxylic acids is 1. The van der Waals surface area contributed by atoms with Gasteiger partial charge in [-0.05, 0) is 47.7 Å². The Hall–Kier alpha value is -3.44. The average molecular weight is 453 g/mol. The minimum Gasteiger partial charge on any atom is -0.497 e. The van der Waals surface area contributed by atoms with Crippen LogP contribution in [0.1, 0.15) is 47.4 Å². The van der Waals surface area contributed by atoms with Gasteiger partial charge in [0.2, 0.25) is 5.91 Å². The van der Waals surface area contributed by atoms with Gasteiger partial charge in [-0.15, -0.1) is 11.3 Å². The summed E-state index contributed by atoms with van der Waals surface area (Å²) in [6.45, 7) is 2.11. The standard InChI is InChI=1S/C28H24N2O2S/c1-28(26(31)30-27-29-24(16-33-27)17-8-7-9-18(14-17)32-2)15-23-19-10-3-5-12-21(19)25(28)22-13-6-4-11-20(22)23/h3-14,16,23,25H,15H2,1-2H3,(H,29,30,31). The van der Waals surface area contributed by atoms with Gasteiger partial charge in [-0.3, -0.25) is 4.79 Å². The maximum Gasteiger partial charge on any atom is 0.233 e. The molecule has 1 atom stereocenters. The lowest BCUT2D eigenvalue weighted by molar-refractivity contribution is -0.126. The van der Waals surface area contributed by atoms with Gasteiger partial charge < -0.3 is 10.1 Å². The number of aromatic nitrogens is 1. The van der Waals surface area contributed by atoms with Gasteiger partial charge in [0, 0.05) is 22.8 Å². The molecule has 1 aromatic heterocycles. The first kappa shape index (κ1) is 20.2. The summed E-state index contributed by atoms with van der Waals surface area (Å²) in [5.74, 6) is 1.09. The number of thiazole rings is 1. The number of amides is 1. The van der Waals surface area contributed by atoms with Crippen LogP contribution in [0.3, 0.4) is 0 Å². The van der Waals surface area contributed by atoms with E-state index in [1.165, 1.54) is 33.6 Å². The molecule has 0 saturated carbocycles. The number of rotatable bonds is 4. The molecular formula is C28H24N2O2S. The number of nitrogens with zero attached hydrogens (tertiary/aromatic N) is 1. The van der Waals surface area contributed by atoms with Crippen molar-refractivity contribution in [1.82, 2.24) is 4.98 Å². The molecule has 1 heterocycles. The SMILES string of the molecule is COc1cccc(-c2csc(NC(=O)C3(C)CC4c5ccccc5C3c3ccccc34)n2)c1. The lowest BCUT2D eigenvalue weighted by atomic mass is 9.52. The van der Waals surface area contributed by atoms with Crippen molar-refractivity contribution in [2.24, 2.45) is 5.41 Å². The molecule has 2 bridgehead atoms. The van der Waals surface area contributed by atoms with Crippen LogP contribution in [0.25, 0.3) is 11.3 Å². The number of nitrogens with one attached hydrogen (secondary N) is 1. The van der Waals surface area contributed by atoms with Crippen LogP contribution in [0, 0.1) is 5.41 Å². The lowest BCUT2D eigenvalue weighted by Crippen LogP contribution is -2.47. The zero-order valence-electron chi connectivity index (χ0n) is 18.5. The molecule has 4 aromatic rings. The monoisotopic (exact) mass is 452 g/mol. The fourth-order valence-electron chi connectivity index (χ4n) is 5.68. The highest BCUT2D eigenvalue weighted by Crippen LogP contribution is 2.61. The van der Waals surface area contributed by atoms with Crippen LogP contribution < -0.4 is 10.1 Å². The van der Waals surface area contributed by atoms with Crippen LogP contribution >= 0.6 is 11.3 Å². The van der Waals surface area contributed by atoms with Gasteiger partial charge in [-0.2, -0.15) is 0 Å². The quantitative estimate of drug-likeness (QED) is 0.387. The van der Waals surface area contributed by atoms with Crippen molar-refractivity contribution in [2.75, 3.05) is 12.4 Å². The van der Waals surface area contributed by atoms with E-state index in [9.17, 15) is 4.79 Å². The van der Waals surface area contributed by atoms with E-state index < -0.39 is 5.41 Å². The van der Waals surface area contributed by atoms with Crippen LogP contribution in [-0.2, 0) is 4.79 Å². The number of hydrogen-bond acceptors (Lipinski definition) is 4. The summed E-state index contributed by atoms with van der Waals surface area (Å²) in [5.41, 5.74) is 6.54. The third-order valence-electron chi connectivity index (χ3n) is 7.24. The Morgan fingerprint density at radius 3 is 2.33 bits per heavy atom. The minimum atomic E-state index is -0.546. The number of fused-ring (bicyclic) bond motifs is 1. The van der Waals surface area contributed by atoms with Crippen molar-refractivity contribution in [3.8, 4) is 17.0 Å². The molecule has 3 aromatic carbocycles. The van der Waals surface area contributed by atoms with Gasteiger partial charge in [0.25, 0.3) is 0 Å². The predicted octanol–water partition coefficient (Wildman–Crippen LogP) is 6.44. The largest absolute Gasteiger partial charge is 0.497 e. The highest BCUT2D eigenvalue weighted by Gasteiger charge is 2.53. The van der Waals surface area contributed by atoms with E-state index in [1.807, 2.05) is 29.6 Å². The number of benzene rings is 3. The van der Waals surface area contributed by atoms with Gasteiger partial charge in [-0.25, -0.2) is 4.98 Å². The average Bonchev–Trinajstić information content (AvgIpc) is 3.33. The Morgan fingerprint density at radius 1 is 1.00 bits per heavy atom.